The maximum Gasteiger partial charge on any atom is 0.0217 e. The molecular weight excluding hydrogens is 168 g/mol. The van der Waals surface area contributed by atoms with E-state index in [0.29, 0.717) is 0 Å². The van der Waals surface area contributed by atoms with E-state index in [2.05, 4.69) is 29.9 Å². The molecule has 0 saturated carbocycles. The summed E-state index contributed by atoms with van der Waals surface area (Å²) in [6.07, 6.45) is 4.05. The van der Waals surface area contributed by atoms with Crippen molar-refractivity contribution in [3.05, 3.63) is 0 Å². The Morgan fingerprint density at radius 1 is 1.50 bits per heavy atom. The number of thiol groups is 1. The molecule has 1 saturated heterocycles. The summed E-state index contributed by atoms with van der Waals surface area (Å²) in [6.45, 7) is 3.46. The van der Waals surface area contributed by atoms with Crippen molar-refractivity contribution in [2.45, 2.75) is 25.3 Å². The number of rotatable bonds is 3. The first-order chi connectivity index (χ1) is 5.84. The molecule has 0 spiro atoms. The first kappa shape index (κ1) is 10.4. The van der Waals surface area contributed by atoms with Crippen molar-refractivity contribution in [3.8, 4) is 0 Å². The largest absolute Gasteiger partial charge is 0.315 e. The molecule has 72 valence electrons. The summed E-state index contributed by atoms with van der Waals surface area (Å²) in [5, 5.41) is 3.47. The summed E-state index contributed by atoms with van der Waals surface area (Å²) in [4.78, 5) is 2.42. The van der Waals surface area contributed by atoms with Crippen LogP contribution >= 0.6 is 12.6 Å². The summed E-state index contributed by atoms with van der Waals surface area (Å²) in [7, 11) is 2.20. The van der Waals surface area contributed by atoms with E-state index in [1.54, 1.807) is 0 Å². The molecule has 3 heteroatoms. The molecule has 1 fully saturated rings. The predicted octanol–water partition coefficient (Wildman–Crippen LogP) is 0.990. The third-order valence-electron chi connectivity index (χ3n) is 2.60. The van der Waals surface area contributed by atoms with Gasteiger partial charge in [-0.3, -0.25) is 0 Å². The van der Waals surface area contributed by atoms with Crippen molar-refractivity contribution in [1.82, 2.24) is 10.2 Å². The first-order valence-corrected chi connectivity index (χ1v) is 5.49. The van der Waals surface area contributed by atoms with E-state index in [-0.39, 0.29) is 0 Å². The normalized spacial score (nSPS) is 25.8. The average molecular weight is 188 g/mol. The predicted molar refractivity (Wildman–Crippen MR) is 57.0 cm³/mol. The van der Waals surface area contributed by atoms with Gasteiger partial charge in [-0.25, -0.2) is 0 Å². The second-order valence-corrected chi connectivity index (χ2v) is 4.01. The first-order valence-electron chi connectivity index (χ1n) is 4.86. The summed E-state index contributed by atoms with van der Waals surface area (Å²) in [5.41, 5.74) is 0. The fourth-order valence-electron chi connectivity index (χ4n) is 1.72. The van der Waals surface area contributed by atoms with E-state index in [1.807, 2.05) is 0 Å². The Bertz CT molecular complexity index is 111. The number of hydrogen-bond donors (Lipinski definition) is 2. The monoisotopic (exact) mass is 188 g/mol. The third-order valence-corrected chi connectivity index (χ3v) is 2.80. The van der Waals surface area contributed by atoms with Crippen LogP contribution in [0.15, 0.2) is 0 Å². The van der Waals surface area contributed by atoms with Gasteiger partial charge in [0, 0.05) is 24.9 Å². The third kappa shape index (κ3) is 3.33. The second-order valence-electron chi connectivity index (χ2n) is 3.56. The minimum absolute atomic E-state index is 0.736. The number of nitrogens with zero attached hydrogens (tertiary/aromatic N) is 1. The lowest BCUT2D eigenvalue weighted by atomic mass is 10.1. The van der Waals surface area contributed by atoms with Gasteiger partial charge in [0.15, 0.2) is 0 Å². The molecule has 12 heavy (non-hydrogen) atoms. The average Bonchev–Trinajstić information content (AvgIpc) is 2.32. The van der Waals surface area contributed by atoms with E-state index < -0.39 is 0 Å². The Morgan fingerprint density at radius 3 is 3.08 bits per heavy atom. The highest BCUT2D eigenvalue weighted by Gasteiger charge is 2.15. The fourth-order valence-corrected chi connectivity index (χ4v) is 2.03. The summed E-state index contributed by atoms with van der Waals surface area (Å²) < 4.78 is 0. The van der Waals surface area contributed by atoms with Crippen molar-refractivity contribution in [1.29, 1.82) is 0 Å². The number of nitrogens with one attached hydrogen (secondary N) is 1. The Kier molecular flexibility index (Phi) is 5.04. The van der Waals surface area contributed by atoms with Gasteiger partial charge < -0.3 is 10.2 Å². The summed E-state index contributed by atoms with van der Waals surface area (Å²) >= 11 is 4.24. The SMILES string of the molecule is CN(CCS)C1CCCCNC1. The molecule has 1 N–H and O–H groups in total. The molecule has 0 aromatic carbocycles. The lowest BCUT2D eigenvalue weighted by Crippen LogP contribution is -2.39. The van der Waals surface area contributed by atoms with Crippen molar-refractivity contribution in [2.24, 2.45) is 0 Å². The van der Waals surface area contributed by atoms with E-state index in [4.69, 9.17) is 0 Å². The van der Waals surface area contributed by atoms with Crippen LogP contribution in [-0.4, -0.2) is 43.4 Å². The van der Waals surface area contributed by atoms with Crippen LogP contribution in [0.5, 0.6) is 0 Å². The maximum atomic E-state index is 4.24. The highest BCUT2D eigenvalue weighted by Crippen LogP contribution is 2.09. The number of hydrogen-bond acceptors (Lipinski definition) is 3. The van der Waals surface area contributed by atoms with Crippen LogP contribution in [0.2, 0.25) is 0 Å². The van der Waals surface area contributed by atoms with Gasteiger partial charge >= 0.3 is 0 Å². The van der Waals surface area contributed by atoms with Gasteiger partial charge in [0.25, 0.3) is 0 Å². The molecule has 1 atom stereocenters. The van der Waals surface area contributed by atoms with Crippen LogP contribution in [0.3, 0.4) is 0 Å². The summed E-state index contributed by atoms with van der Waals surface area (Å²) in [6, 6.07) is 0.736. The van der Waals surface area contributed by atoms with Gasteiger partial charge in [0.05, 0.1) is 0 Å². The topological polar surface area (TPSA) is 15.3 Å². The minimum atomic E-state index is 0.736. The molecule has 2 nitrogen and oxygen atoms in total. The Hall–Kier alpha value is 0.270. The van der Waals surface area contributed by atoms with Crippen LogP contribution in [-0.2, 0) is 0 Å². The van der Waals surface area contributed by atoms with Crippen LogP contribution in [0.4, 0.5) is 0 Å². The van der Waals surface area contributed by atoms with E-state index in [1.165, 1.54) is 25.8 Å². The van der Waals surface area contributed by atoms with Gasteiger partial charge in [0.1, 0.15) is 0 Å². The number of likely N-dealkylation sites (N-methyl/N-ethyl adjacent to an activating group) is 1. The molecule has 0 aromatic heterocycles. The van der Waals surface area contributed by atoms with Gasteiger partial charge in [-0.15, -0.1) is 0 Å². The Morgan fingerprint density at radius 2 is 2.33 bits per heavy atom. The highest BCUT2D eigenvalue weighted by molar-refractivity contribution is 7.80. The standard InChI is InChI=1S/C9H20N2S/c1-11(6-7-12)9-4-2-3-5-10-8-9/h9-10,12H,2-8H2,1H3. The zero-order chi connectivity index (χ0) is 8.81. The van der Waals surface area contributed by atoms with Gasteiger partial charge in [-0.05, 0) is 26.4 Å². The van der Waals surface area contributed by atoms with E-state index >= 15 is 0 Å². The highest BCUT2D eigenvalue weighted by atomic mass is 32.1. The molecular formula is C9H20N2S. The van der Waals surface area contributed by atoms with E-state index in [0.717, 1.165) is 24.9 Å². The molecule has 0 bridgehead atoms. The van der Waals surface area contributed by atoms with Gasteiger partial charge in [0.2, 0.25) is 0 Å². The van der Waals surface area contributed by atoms with Crippen LogP contribution in [0.1, 0.15) is 19.3 Å². The molecule has 1 unspecified atom stereocenters. The molecule has 0 radical (unpaired) electrons. The van der Waals surface area contributed by atoms with Crippen molar-refractivity contribution >= 4 is 12.6 Å². The minimum Gasteiger partial charge on any atom is -0.315 e. The Labute approximate surface area is 81.1 Å². The quantitative estimate of drug-likeness (QED) is 0.642. The van der Waals surface area contributed by atoms with E-state index in [9.17, 15) is 0 Å². The molecule has 0 amide bonds. The van der Waals surface area contributed by atoms with Crippen molar-refractivity contribution in [3.63, 3.8) is 0 Å². The fraction of sp³-hybridized carbons (Fsp3) is 1.00. The lowest BCUT2D eigenvalue weighted by Gasteiger charge is -2.26. The maximum absolute atomic E-state index is 4.24. The molecule has 1 aliphatic heterocycles. The van der Waals surface area contributed by atoms with Crippen molar-refractivity contribution in [2.75, 3.05) is 32.4 Å². The molecule has 0 aliphatic carbocycles. The van der Waals surface area contributed by atoms with Crippen molar-refractivity contribution < 1.29 is 0 Å². The summed E-state index contributed by atoms with van der Waals surface area (Å²) in [5.74, 6) is 0.965. The zero-order valence-electron chi connectivity index (χ0n) is 7.92. The van der Waals surface area contributed by atoms with Crippen LogP contribution < -0.4 is 5.32 Å². The molecule has 0 aromatic rings. The van der Waals surface area contributed by atoms with Crippen LogP contribution in [0.25, 0.3) is 0 Å². The van der Waals surface area contributed by atoms with Crippen LogP contribution in [0, 0.1) is 0 Å². The van der Waals surface area contributed by atoms with Gasteiger partial charge in [-0.1, -0.05) is 6.42 Å². The molecule has 1 aliphatic rings. The van der Waals surface area contributed by atoms with Gasteiger partial charge in [-0.2, -0.15) is 12.6 Å². The lowest BCUT2D eigenvalue weighted by molar-refractivity contribution is 0.244. The smallest absolute Gasteiger partial charge is 0.0217 e. The molecule has 1 rings (SSSR count). The zero-order valence-corrected chi connectivity index (χ0v) is 8.82. The second kappa shape index (κ2) is 5.84. The Balaban J connectivity index is 2.27. The molecule has 1 heterocycles.